The lowest BCUT2D eigenvalue weighted by Crippen LogP contribution is -2.18. The third-order valence-corrected chi connectivity index (χ3v) is 4.00. The summed E-state index contributed by atoms with van der Waals surface area (Å²) in [7, 11) is 0. The summed E-state index contributed by atoms with van der Waals surface area (Å²) in [6, 6.07) is 10.4. The van der Waals surface area contributed by atoms with E-state index in [0.29, 0.717) is 13.2 Å². The Kier molecular flexibility index (Phi) is 4.01. The van der Waals surface area contributed by atoms with Gasteiger partial charge in [-0.15, -0.1) is 11.3 Å². The summed E-state index contributed by atoms with van der Waals surface area (Å²) in [4.78, 5) is 1.43. The van der Waals surface area contributed by atoms with Crippen LogP contribution in [0.4, 0.5) is 0 Å². The van der Waals surface area contributed by atoms with Crippen LogP contribution in [0.3, 0.4) is 0 Å². The molecule has 2 heterocycles. The molecule has 1 aromatic heterocycles. The van der Waals surface area contributed by atoms with Gasteiger partial charge in [0.1, 0.15) is 13.2 Å². The van der Waals surface area contributed by atoms with E-state index in [4.69, 9.17) is 9.47 Å². The molecular weight excluding hydrogens is 258 g/mol. The second-order valence-electron chi connectivity index (χ2n) is 4.48. The first-order valence-corrected chi connectivity index (χ1v) is 7.41. The number of benzene rings is 1. The second-order valence-corrected chi connectivity index (χ2v) is 5.52. The molecule has 19 heavy (non-hydrogen) atoms. The van der Waals surface area contributed by atoms with E-state index in [9.17, 15) is 0 Å². The minimum atomic E-state index is 0.641. The van der Waals surface area contributed by atoms with Crippen LogP contribution in [0.5, 0.6) is 11.5 Å². The van der Waals surface area contributed by atoms with Gasteiger partial charge in [0.05, 0.1) is 0 Å². The molecule has 0 bridgehead atoms. The largest absolute Gasteiger partial charge is 0.486 e. The minimum Gasteiger partial charge on any atom is -0.486 e. The predicted octanol–water partition coefficient (Wildman–Crippen LogP) is 2.85. The number of nitrogens with one attached hydrogen (secondary N) is 1. The van der Waals surface area contributed by atoms with Gasteiger partial charge in [-0.05, 0) is 35.6 Å². The molecule has 0 unspecified atom stereocenters. The molecule has 0 amide bonds. The van der Waals surface area contributed by atoms with Crippen LogP contribution >= 0.6 is 11.3 Å². The topological polar surface area (TPSA) is 30.5 Å². The Morgan fingerprint density at radius 1 is 1.11 bits per heavy atom. The highest BCUT2D eigenvalue weighted by Gasteiger charge is 2.11. The van der Waals surface area contributed by atoms with Crippen LogP contribution < -0.4 is 14.8 Å². The van der Waals surface area contributed by atoms with E-state index in [1.807, 2.05) is 17.4 Å². The maximum atomic E-state index is 5.58. The number of hydrogen-bond donors (Lipinski definition) is 1. The molecule has 2 aromatic rings. The lowest BCUT2D eigenvalue weighted by Gasteiger charge is -2.18. The SMILES string of the molecule is c1csc(CCNCc2ccc3c(c2)OCCO3)c1. The second kappa shape index (κ2) is 6.08. The zero-order chi connectivity index (χ0) is 12.9. The minimum absolute atomic E-state index is 0.641. The van der Waals surface area contributed by atoms with E-state index >= 15 is 0 Å². The fourth-order valence-corrected chi connectivity index (χ4v) is 2.81. The van der Waals surface area contributed by atoms with Gasteiger partial charge in [-0.25, -0.2) is 0 Å². The lowest BCUT2D eigenvalue weighted by molar-refractivity contribution is 0.171. The van der Waals surface area contributed by atoms with Crippen molar-refractivity contribution in [2.45, 2.75) is 13.0 Å². The third kappa shape index (κ3) is 3.28. The predicted molar refractivity (Wildman–Crippen MR) is 77.2 cm³/mol. The number of ether oxygens (including phenoxy) is 2. The lowest BCUT2D eigenvalue weighted by atomic mass is 10.2. The molecule has 0 spiro atoms. The molecule has 3 nitrogen and oxygen atoms in total. The van der Waals surface area contributed by atoms with Gasteiger partial charge in [0.25, 0.3) is 0 Å². The molecule has 0 fully saturated rings. The van der Waals surface area contributed by atoms with Crippen molar-refractivity contribution in [2.24, 2.45) is 0 Å². The molecule has 1 aliphatic heterocycles. The van der Waals surface area contributed by atoms with Gasteiger partial charge in [0.2, 0.25) is 0 Å². The highest BCUT2D eigenvalue weighted by Crippen LogP contribution is 2.30. The number of rotatable bonds is 5. The Balaban J connectivity index is 1.50. The van der Waals surface area contributed by atoms with Crippen LogP contribution in [0.2, 0.25) is 0 Å². The van der Waals surface area contributed by atoms with E-state index < -0.39 is 0 Å². The van der Waals surface area contributed by atoms with Crippen molar-refractivity contribution in [3.05, 3.63) is 46.2 Å². The van der Waals surface area contributed by atoms with Crippen LogP contribution in [0.15, 0.2) is 35.7 Å². The van der Waals surface area contributed by atoms with Crippen LogP contribution in [0.1, 0.15) is 10.4 Å². The van der Waals surface area contributed by atoms with Crippen molar-refractivity contribution in [1.82, 2.24) is 5.32 Å². The molecule has 100 valence electrons. The summed E-state index contributed by atoms with van der Waals surface area (Å²) in [6.07, 6.45) is 1.09. The molecule has 0 radical (unpaired) electrons. The molecule has 0 saturated carbocycles. The molecule has 0 saturated heterocycles. The monoisotopic (exact) mass is 275 g/mol. The summed E-state index contributed by atoms with van der Waals surface area (Å²) in [6.45, 7) is 3.14. The molecule has 4 heteroatoms. The highest BCUT2D eigenvalue weighted by atomic mass is 32.1. The Morgan fingerprint density at radius 3 is 2.84 bits per heavy atom. The molecule has 0 aliphatic carbocycles. The maximum Gasteiger partial charge on any atom is 0.161 e. The van der Waals surface area contributed by atoms with Gasteiger partial charge in [-0.1, -0.05) is 12.1 Å². The first-order chi connectivity index (χ1) is 9.42. The van der Waals surface area contributed by atoms with Crippen molar-refractivity contribution in [3.8, 4) is 11.5 Å². The molecule has 1 aromatic carbocycles. The third-order valence-electron chi connectivity index (χ3n) is 3.06. The van der Waals surface area contributed by atoms with E-state index in [1.54, 1.807) is 0 Å². The number of hydrogen-bond acceptors (Lipinski definition) is 4. The van der Waals surface area contributed by atoms with E-state index in [1.165, 1.54) is 10.4 Å². The fourth-order valence-electron chi connectivity index (χ4n) is 2.10. The summed E-state index contributed by atoms with van der Waals surface area (Å²) in [5, 5.41) is 5.58. The smallest absolute Gasteiger partial charge is 0.161 e. The fraction of sp³-hybridized carbons (Fsp3) is 0.333. The standard InChI is InChI=1S/C15H17NO2S/c1-2-13(19-9-1)5-6-16-11-12-3-4-14-15(10-12)18-8-7-17-14/h1-4,9-10,16H,5-8,11H2. The number of thiophene rings is 1. The van der Waals surface area contributed by atoms with Gasteiger partial charge in [0, 0.05) is 18.0 Å². The number of fused-ring (bicyclic) bond motifs is 1. The maximum absolute atomic E-state index is 5.58. The van der Waals surface area contributed by atoms with Gasteiger partial charge in [-0.2, -0.15) is 0 Å². The van der Waals surface area contributed by atoms with Crippen molar-refractivity contribution in [2.75, 3.05) is 19.8 Å². The van der Waals surface area contributed by atoms with Gasteiger partial charge in [-0.3, -0.25) is 0 Å². The quantitative estimate of drug-likeness (QED) is 0.851. The molecule has 1 aliphatic rings. The van der Waals surface area contributed by atoms with Crippen LogP contribution in [-0.2, 0) is 13.0 Å². The van der Waals surface area contributed by atoms with Crippen molar-refractivity contribution in [3.63, 3.8) is 0 Å². The summed E-state index contributed by atoms with van der Waals surface area (Å²) < 4.78 is 11.1. The van der Waals surface area contributed by atoms with Gasteiger partial charge < -0.3 is 14.8 Å². The summed E-state index contributed by atoms with van der Waals surface area (Å²) in [5.41, 5.74) is 1.23. The first kappa shape index (κ1) is 12.5. The Bertz CT molecular complexity index is 525. The van der Waals surface area contributed by atoms with Crippen LogP contribution in [0.25, 0.3) is 0 Å². The zero-order valence-electron chi connectivity index (χ0n) is 10.7. The first-order valence-electron chi connectivity index (χ1n) is 6.53. The van der Waals surface area contributed by atoms with E-state index in [0.717, 1.165) is 31.0 Å². The van der Waals surface area contributed by atoms with E-state index in [-0.39, 0.29) is 0 Å². The average Bonchev–Trinajstić information content (AvgIpc) is 2.97. The normalized spacial score (nSPS) is 13.5. The average molecular weight is 275 g/mol. The Morgan fingerprint density at radius 2 is 2.00 bits per heavy atom. The van der Waals surface area contributed by atoms with Crippen molar-refractivity contribution < 1.29 is 9.47 Å². The summed E-state index contributed by atoms with van der Waals surface area (Å²) >= 11 is 1.81. The Labute approximate surface area is 117 Å². The van der Waals surface area contributed by atoms with Crippen molar-refractivity contribution >= 4 is 11.3 Å². The van der Waals surface area contributed by atoms with Crippen LogP contribution in [0, 0.1) is 0 Å². The Hall–Kier alpha value is -1.52. The highest BCUT2D eigenvalue weighted by molar-refractivity contribution is 7.09. The molecule has 1 N–H and O–H groups in total. The zero-order valence-corrected chi connectivity index (χ0v) is 11.5. The molecule has 0 atom stereocenters. The van der Waals surface area contributed by atoms with Crippen molar-refractivity contribution in [1.29, 1.82) is 0 Å². The van der Waals surface area contributed by atoms with Gasteiger partial charge >= 0.3 is 0 Å². The summed E-state index contributed by atoms with van der Waals surface area (Å²) in [5.74, 6) is 1.72. The van der Waals surface area contributed by atoms with E-state index in [2.05, 4.69) is 35.0 Å². The van der Waals surface area contributed by atoms with Crippen LogP contribution in [-0.4, -0.2) is 19.8 Å². The molecule has 3 rings (SSSR count). The molecular formula is C15H17NO2S. The van der Waals surface area contributed by atoms with Gasteiger partial charge in [0.15, 0.2) is 11.5 Å².